The molecule has 2 saturated heterocycles. The van der Waals surface area contributed by atoms with Gasteiger partial charge in [0.05, 0.1) is 6.67 Å². The third kappa shape index (κ3) is 1.32. The minimum atomic E-state index is 1.25. The topological polar surface area (TPSA) is 6.48 Å². The molecule has 2 bridgehead atoms. The van der Waals surface area contributed by atoms with Gasteiger partial charge in [-0.05, 0) is 32.4 Å². The number of nitrogens with zero attached hydrogens (tertiary/aromatic N) is 2. The number of rotatable bonds is 0. The lowest BCUT2D eigenvalue weighted by molar-refractivity contribution is 0.108. The lowest BCUT2D eigenvalue weighted by atomic mass is 10.3. The van der Waals surface area contributed by atoms with E-state index in [2.05, 4.69) is 9.80 Å². The van der Waals surface area contributed by atoms with Crippen LogP contribution in [0.5, 0.6) is 0 Å². The van der Waals surface area contributed by atoms with Crippen LogP contribution in [0.1, 0.15) is 19.3 Å². The van der Waals surface area contributed by atoms with Crippen LogP contribution < -0.4 is 0 Å². The highest BCUT2D eigenvalue weighted by Gasteiger charge is 2.18. The van der Waals surface area contributed by atoms with Crippen molar-refractivity contribution >= 4 is 0 Å². The highest BCUT2D eigenvalue weighted by atomic mass is 15.3. The van der Waals surface area contributed by atoms with Gasteiger partial charge in [0.2, 0.25) is 0 Å². The fourth-order valence-corrected chi connectivity index (χ4v) is 1.98. The maximum absolute atomic E-state index is 2.58. The van der Waals surface area contributed by atoms with Gasteiger partial charge in [0, 0.05) is 13.1 Å². The SMILES string of the molecule is C1CCN2CCCN(C1)C2. The second-order valence-corrected chi connectivity index (χ2v) is 3.44. The lowest BCUT2D eigenvalue weighted by Gasteiger charge is -2.32. The molecular weight excluding hydrogens is 124 g/mol. The molecule has 2 unspecified atom stereocenters. The summed E-state index contributed by atoms with van der Waals surface area (Å²) in [6, 6.07) is 0. The van der Waals surface area contributed by atoms with Gasteiger partial charge in [-0.3, -0.25) is 9.80 Å². The van der Waals surface area contributed by atoms with Crippen molar-refractivity contribution in [3.8, 4) is 0 Å². The summed E-state index contributed by atoms with van der Waals surface area (Å²) in [6.07, 6.45) is 4.22. The smallest absolute Gasteiger partial charge is 0.0506 e. The van der Waals surface area contributed by atoms with E-state index in [4.69, 9.17) is 0 Å². The molecule has 0 radical (unpaired) electrons. The van der Waals surface area contributed by atoms with E-state index in [1.165, 1.54) is 52.1 Å². The van der Waals surface area contributed by atoms with Gasteiger partial charge in [0.25, 0.3) is 0 Å². The molecular formula is C8H16N2. The van der Waals surface area contributed by atoms with Gasteiger partial charge in [-0.15, -0.1) is 0 Å². The van der Waals surface area contributed by atoms with Crippen molar-refractivity contribution in [2.75, 3.05) is 32.8 Å². The first-order valence-electron chi connectivity index (χ1n) is 4.40. The molecule has 0 saturated carbocycles. The van der Waals surface area contributed by atoms with E-state index in [9.17, 15) is 0 Å². The van der Waals surface area contributed by atoms with Crippen LogP contribution in [0.4, 0.5) is 0 Å². The van der Waals surface area contributed by atoms with E-state index in [1.807, 2.05) is 0 Å². The predicted octanol–water partition coefficient (Wildman–Crippen LogP) is 0.745. The van der Waals surface area contributed by atoms with Crippen molar-refractivity contribution in [3.05, 3.63) is 0 Å². The third-order valence-corrected chi connectivity index (χ3v) is 2.55. The molecule has 0 spiro atoms. The van der Waals surface area contributed by atoms with Crippen LogP contribution >= 0.6 is 0 Å². The zero-order chi connectivity index (χ0) is 6.81. The maximum atomic E-state index is 2.58. The molecule has 58 valence electrons. The molecule has 2 atom stereocenters. The summed E-state index contributed by atoms with van der Waals surface area (Å²) in [5.41, 5.74) is 0. The summed E-state index contributed by atoms with van der Waals surface area (Å²) >= 11 is 0. The number of hydrogen-bond acceptors (Lipinski definition) is 2. The molecule has 0 N–H and O–H groups in total. The van der Waals surface area contributed by atoms with E-state index in [1.54, 1.807) is 0 Å². The second kappa shape index (κ2) is 2.89. The van der Waals surface area contributed by atoms with Gasteiger partial charge in [-0.1, -0.05) is 0 Å². The zero-order valence-corrected chi connectivity index (χ0v) is 6.55. The summed E-state index contributed by atoms with van der Waals surface area (Å²) in [5.74, 6) is 0. The van der Waals surface area contributed by atoms with Gasteiger partial charge in [0.15, 0.2) is 0 Å². The molecule has 0 aliphatic carbocycles. The summed E-state index contributed by atoms with van der Waals surface area (Å²) in [7, 11) is 0. The van der Waals surface area contributed by atoms with Gasteiger partial charge in [0.1, 0.15) is 0 Å². The van der Waals surface area contributed by atoms with Crippen molar-refractivity contribution in [2.45, 2.75) is 19.3 Å². The molecule has 2 aliphatic heterocycles. The van der Waals surface area contributed by atoms with E-state index >= 15 is 0 Å². The Morgan fingerprint density at radius 3 is 1.70 bits per heavy atom. The molecule has 0 aromatic carbocycles. The Balaban J connectivity index is 1.96. The monoisotopic (exact) mass is 140 g/mol. The quantitative estimate of drug-likeness (QED) is 0.490. The third-order valence-electron chi connectivity index (χ3n) is 2.55. The van der Waals surface area contributed by atoms with Crippen LogP contribution in [0, 0.1) is 0 Å². The molecule has 2 nitrogen and oxygen atoms in total. The first-order valence-corrected chi connectivity index (χ1v) is 4.40. The molecule has 2 rings (SSSR count). The van der Waals surface area contributed by atoms with Crippen molar-refractivity contribution in [3.63, 3.8) is 0 Å². The first kappa shape index (κ1) is 6.62. The average molecular weight is 140 g/mol. The minimum Gasteiger partial charge on any atom is -0.290 e. The normalized spacial score (nSPS) is 40.8. The predicted molar refractivity (Wildman–Crippen MR) is 41.9 cm³/mol. The van der Waals surface area contributed by atoms with Crippen LogP contribution in [0.25, 0.3) is 0 Å². The summed E-state index contributed by atoms with van der Waals surface area (Å²) in [4.78, 5) is 5.16. The van der Waals surface area contributed by atoms with Gasteiger partial charge in [-0.2, -0.15) is 0 Å². The van der Waals surface area contributed by atoms with Crippen molar-refractivity contribution in [2.24, 2.45) is 0 Å². The fraction of sp³-hybridized carbons (Fsp3) is 1.00. The van der Waals surface area contributed by atoms with Gasteiger partial charge >= 0.3 is 0 Å². The maximum Gasteiger partial charge on any atom is 0.0506 e. The van der Waals surface area contributed by atoms with Crippen molar-refractivity contribution < 1.29 is 0 Å². The second-order valence-electron chi connectivity index (χ2n) is 3.44. The van der Waals surface area contributed by atoms with Crippen LogP contribution in [0.3, 0.4) is 0 Å². The Hall–Kier alpha value is -0.0800. The van der Waals surface area contributed by atoms with Crippen LogP contribution in [-0.4, -0.2) is 42.6 Å². The molecule has 10 heavy (non-hydrogen) atoms. The molecule has 0 amide bonds. The summed E-state index contributed by atoms with van der Waals surface area (Å²) in [5, 5.41) is 0. The van der Waals surface area contributed by atoms with Crippen LogP contribution in [0.2, 0.25) is 0 Å². The Bertz CT molecular complexity index is 102. The van der Waals surface area contributed by atoms with Crippen molar-refractivity contribution in [1.29, 1.82) is 0 Å². The van der Waals surface area contributed by atoms with E-state index in [0.717, 1.165) is 0 Å². The Morgan fingerprint density at radius 2 is 1.10 bits per heavy atom. The lowest BCUT2D eigenvalue weighted by Crippen LogP contribution is -2.42. The number of fused-ring (bicyclic) bond motifs is 2. The first-order chi connectivity index (χ1) is 4.95. The molecule has 0 aromatic heterocycles. The Morgan fingerprint density at radius 1 is 0.600 bits per heavy atom. The van der Waals surface area contributed by atoms with E-state index in [-0.39, 0.29) is 0 Å². The zero-order valence-electron chi connectivity index (χ0n) is 6.55. The molecule has 2 heterocycles. The van der Waals surface area contributed by atoms with E-state index < -0.39 is 0 Å². The highest BCUT2D eigenvalue weighted by Crippen LogP contribution is 2.11. The van der Waals surface area contributed by atoms with Crippen LogP contribution in [0.15, 0.2) is 0 Å². The molecule has 2 fully saturated rings. The van der Waals surface area contributed by atoms with Gasteiger partial charge < -0.3 is 0 Å². The standard InChI is InChI=1S/C8H16N2/c1-2-5-10-7-3-6-9(4-1)8-10/h1-8H2. The summed E-state index contributed by atoms with van der Waals surface area (Å²) < 4.78 is 0. The summed E-state index contributed by atoms with van der Waals surface area (Å²) in [6.45, 7) is 6.62. The number of hydrogen-bond donors (Lipinski definition) is 0. The van der Waals surface area contributed by atoms with Gasteiger partial charge in [-0.25, -0.2) is 0 Å². The Kier molecular flexibility index (Phi) is 1.91. The molecule has 2 heteroatoms. The average Bonchev–Trinajstić information content (AvgIpc) is 2.12. The van der Waals surface area contributed by atoms with Crippen molar-refractivity contribution in [1.82, 2.24) is 9.80 Å². The minimum absolute atomic E-state index is 1.25. The van der Waals surface area contributed by atoms with Crippen LogP contribution in [-0.2, 0) is 0 Å². The fourth-order valence-electron chi connectivity index (χ4n) is 1.98. The molecule has 0 aromatic rings. The molecule has 2 aliphatic rings. The van der Waals surface area contributed by atoms with E-state index in [0.29, 0.717) is 0 Å². The Labute approximate surface area is 62.8 Å². The highest BCUT2D eigenvalue weighted by molar-refractivity contribution is 4.71. The largest absolute Gasteiger partial charge is 0.290 e.